The minimum Gasteiger partial charge on any atom is -0.483 e. The standard InChI is InChI=1S/C17H17ClO2/c1-3-13-11-15(9-10-16(13)18)20-12(2)17(19)14-7-5-4-6-8-14/h4-12H,3H2,1-2H3. The Morgan fingerprint density at radius 1 is 1.20 bits per heavy atom. The second kappa shape index (κ2) is 6.58. The minimum absolute atomic E-state index is 0.0291. The molecule has 3 heteroatoms. The van der Waals surface area contributed by atoms with Crippen molar-refractivity contribution in [3.8, 4) is 5.75 Å². The number of aryl methyl sites for hydroxylation is 1. The van der Waals surface area contributed by atoms with Crippen LogP contribution in [-0.4, -0.2) is 11.9 Å². The summed E-state index contributed by atoms with van der Waals surface area (Å²) in [5, 5.41) is 0.724. The second-order valence-electron chi connectivity index (χ2n) is 4.60. The Morgan fingerprint density at radius 3 is 2.55 bits per heavy atom. The number of ketones is 1. The quantitative estimate of drug-likeness (QED) is 0.754. The van der Waals surface area contributed by atoms with E-state index in [1.54, 1.807) is 31.2 Å². The van der Waals surface area contributed by atoms with Crippen LogP contribution in [-0.2, 0) is 6.42 Å². The van der Waals surface area contributed by atoms with Gasteiger partial charge >= 0.3 is 0 Å². The van der Waals surface area contributed by atoms with E-state index >= 15 is 0 Å². The first-order valence-corrected chi connectivity index (χ1v) is 7.04. The third-order valence-corrected chi connectivity index (χ3v) is 3.51. The molecular formula is C17H17ClO2. The van der Waals surface area contributed by atoms with E-state index in [1.165, 1.54) is 0 Å². The molecule has 0 aliphatic rings. The number of Topliss-reactive ketones (excluding diaryl/α,β-unsaturated/α-hetero) is 1. The average Bonchev–Trinajstić information content (AvgIpc) is 2.49. The van der Waals surface area contributed by atoms with Crippen LogP contribution in [0.2, 0.25) is 5.02 Å². The van der Waals surface area contributed by atoms with Gasteiger partial charge in [0.1, 0.15) is 5.75 Å². The van der Waals surface area contributed by atoms with Crippen molar-refractivity contribution in [2.24, 2.45) is 0 Å². The SMILES string of the molecule is CCc1cc(OC(C)C(=O)c2ccccc2)ccc1Cl. The van der Waals surface area contributed by atoms with Gasteiger partial charge in [0.15, 0.2) is 6.10 Å². The van der Waals surface area contributed by atoms with Gasteiger partial charge in [0.25, 0.3) is 0 Å². The van der Waals surface area contributed by atoms with Gasteiger partial charge in [0.2, 0.25) is 5.78 Å². The number of hydrogen-bond acceptors (Lipinski definition) is 2. The van der Waals surface area contributed by atoms with Crippen LogP contribution in [0.3, 0.4) is 0 Å². The lowest BCUT2D eigenvalue weighted by Gasteiger charge is -2.15. The van der Waals surface area contributed by atoms with E-state index < -0.39 is 6.10 Å². The summed E-state index contributed by atoms with van der Waals surface area (Å²) in [7, 11) is 0. The van der Waals surface area contributed by atoms with Gasteiger partial charge in [0.05, 0.1) is 0 Å². The lowest BCUT2D eigenvalue weighted by atomic mass is 10.1. The number of ether oxygens (including phenoxy) is 1. The largest absolute Gasteiger partial charge is 0.483 e. The van der Waals surface area contributed by atoms with Crippen LogP contribution in [0, 0.1) is 0 Å². The number of carbonyl (C=O) groups is 1. The Morgan fingerprint density at radius 2 is 1.90 bits per heavy atom. The summed E-state index contributed by atoms with van der Waals surface area (Å²) in [5.74, 6) is 0.640. The fraction of sp³-hybridized carbons (Fsp3) is 0.235. The zero-order valence-electron chi connectivity index (χ0n) is 11.6. The van der Waals surface area contributed by atoms with Gasteiger partial charge in [-0.2, -0.15) is 0 Å². The zero-order chi connectivity index (χ0) is 14.5. The van der Waals surface area contributed by atoms with Gasteiger partial charge in [-0.25, -0.2) is 0 Å². The van der Waals surface area contributed by atoms with Crippen molar-refractivity contribution in [3.63, 3.8) is 0 Å². The minimum atomic E-state index is -0.525. The fourth-order valence-corrected chi connectivity index (χ4v) is 2.24. The van der Waals surface area contributed by atoms with E-state index in [1.807, 2.05) is 31.2 Å². The Bertz CT molecular complexity index is 593. The van der Waals surface area contributed by atoms with E-state index in [0.29, 0.717) is 11.3 Å². The molecule has 0 aromatic heterocycles. The lowest BCUT2D eigenvalue weighted by Crippen LogP contribution is -2.23. The van der Waals surface area contributed by atoms with Crippen molar-refractivity contribution in [3.05, 3.63) is 64.7 Å². The molecule has 0 aliphatic carbocycles. The molecule has 2 aromatic carbocycles. The molecule has 0 heterocycles. The van der Waals surface area contributed by atoms with E-state index in [0.717, 1.165) is 17.0 Å². The highest BCUT2D eigenvalue weighted by molar-refractivity contribution is 6.31. The van der Waals surface area contributed by atoms with Gasteiger partial charge in [-0.05, 0) is 37.1 Å². The van der Waals surface area contributed by atoms with Crippen molar-refractivity contribution >= 4 is 17.4 Å². The third-order valence-electron chi connectivity index (χ3n) is 3.14. The molecular weight excluding hydrogens is 272 g/mol. The monoisotopic (exact) mass is 288 g/mol. The highest BCUT2D eigenvalue weighted by Gasteiger charge is 2.16. The summed E-state index contributed by atoms with van der Waals surface area (Å²) < 4.78 is 5.72. The number of benzene rings is 2. The molecule has 0 amide bonds. The van der Waals surface area contributed by atoms with Crippen LogP contribution in [0.1, 0.15) is 29.8 Å². The second-order valence-corrected chi connectivity index (χ2v) is 5.00. The van der Waals surface area contributed by atoms with Crippen molar-refractivity contribution in [1.29, 1.82) is 0 Å². The summed E-state index contributed by atoms with van der Waals surface area (Å²) in [5.41, 5.74) is 1.67. The summed E-state index contributed by atoms with van der Waals surface area (Å²) >= 11 is 6.07. The van der Waals surface area contributed by atoms with Gasteiger partial charge in [-0.3, -0.25) is 4.79 Å². The van der Waals surface area contributed by atoms with Crippen LogP contribution < -0.4 is 4.74 Å². The first kappa shape index (κ1) is 14.6. The zero-order valence-corrected chi connectivity index (χ0v) is 12.4. The molecule has 104 valence electrons. The lowest BCUT2D eigenvalue weighted by molar-refractivity contribution is 0.0818. The number of carbonyl (C=O) groups excluding carboxylic acids is 1. The Labute approximate surface area is 124 Å². The first-order valence-electron chi connectivity index (χ1n) is 6.66. The van der Waals surface area contributed by atoms with E-state index in [9.17, 15) is 4.79 Å². The Hall–Kier alpha value is -1.80. The molecule has 1 atom stereocenters. The molecule has 2 nitrogen and oxygen atoms in total. The molecule has 0 saturated carbocycles. The van der Waals surface area contributed by atoms with Gasteiger partial charge in [-0.15, -0.1) is 0 Å². The first-order chi connectivity index (χ1) is 9.61. The highest BCUT2D eigenvalue weighted by Crippen LogP contribution is 2.23. The number of halogens is 1. The highest BCUT2D eigenvalue weighted by atomic mass is 35.5. The maximum atomic E-state index is 12.2. The molecule has 0 spiro atoms. The molecule has 0 bridgehead atoms. The Balaban J connectivity index is 2.12. The van der Waals surface area contributed by atoms with Crippen LogP contribution in [0.4, 0.5) is 0 Å². The van der Waals surface area contributed by atoms with Crippen molar-refractivity contribution < 1.29 is 9.53 Å². The molecule has 2 rings (SSSR count). The van der Waals surface area contributed by atoms with Gasteiger partial charge in [-0.1, -0.05) is 48.9 Å². The van der Waals surface area contributed by atoms with E-state index in [2.05, 4.69) is 0 Å². The van der Waals surface area contributed by atoms with Gasteiger partial charge < -0.3 is 4.74 Å². The van der Waals surface area contributed by atoms with Crippen LogP contribution in [0.15, 0.2) is 48.5 Å². The predicted molar refractivity (Wildman–Crippen MR) is 81.7 cm³/mol. The number of hydrogen-bond donors (Lipinski definition) is 0. The molecule has 1 unspecified atom stereocenters. The predicted octanol–water partition coefficient (Wildman–Crippen LogP) is 4.55. The molecule has 0 N–H and O–H groups in total. The fourth-order valence-electron chi connectivity index (χ4n) is 1.99. The molecule has 0 fully saturated rings. The topological polar surface area (TPSA) is 26.3 Å². The van der Waals surface area contributed by atoms with E-state index in [4.69, 9.17) is 16.3 Å². The van der Waals surface area contributed by atoms with Crippen molar-refractivity contribution in [1.82, 2.24) is 0 Å². The molecule has 20 heavy (non-hydrogen) atoms. The maximum Gasteiger partial charge on any atom is 0.202 e. The smallest absolute Gasteiger partial charge is 0.202 e. The van der Waals surface area contributed by atoms with Crippen LogP contribution >= 0.6 is 11.6 Å². The summed E-state index contributed by atoms with van der Waals surface area (Å²) in [4.78, 5) is 12.2. The van der Waals surface area contributed by atoms with E-state index in [-0.39, 0.29) is 5.78 Å². The molecule has 0 radical (unpaired) electrons. The van der Waals surface area contributed by atoms with Crippen LogP contribution in [0.25, 0.3) is 0 Å². The van der Waals surface area contributed by atoms with Gasteiger partial charge in [0, 0.05) is 10.6 Å². The summed E-state index contributed by atoms with van der Waals surface area (Å²) in [6, 6.07) is 14.6. The summed E-state index contributed by atoms with van der Waals surface area (Å²) in [6.07, 6.45) is 0.306. The Kier molecular flexibility index (Phi) is 4.80. The van der Waals surface area contributed by atoms with Crippen LogP contribution in [0.5, 0.6) is 5.75 Å². The molecule has 2 aromatic rings. The molecule has 0 aliphatic heterocycles. The third kappa shape index (κ3) is 3.40. The maximum absolute atomic E-state index is 12.2. The van der Waals surface area contributed by atoms with Crippen molar-refractivity contribution in [2.45, 2.75) is 26.4 Å². The number of rotatable bonds is 5. The van der Waals surface area contributed by atoms with Crippen molar-refractivity contribution in [2.75, 3.05) is 0 Å². The molecule has 0 saturated heterocycles. The summed E-state index contributed by atoms with van der Waals surface area (Å²) in [6.45, 7) is 3.79. The normalized spacial score (nSPS) is 11.9. The average molecular weight is 289 g/mol.